The van der Waals surface area contributed by atoms with Gasteiger partial charge >= 0.3 is 6.09 Å². The maximum atomic E-state index is 13.8. The third-order valence-electron chi connectivity index (χ3n) is 5.83. The lowest BCUT2D eigenvalue weighted by Crippen LogP contribution is -2.53. The number of carbonyl (C=O) groups excluding carboxylic acids is 3. The number of hydrogen-bond acceptors (Lipinski definition) is 5. The standard InChI is InChI=1S/C30H35N3O5/c1-6-20-11-10-14-23(17-20)26(27(35)31-24-16-15-21-12-8-9-13-22(21)18-24)33(7-2)28(36)25(19-34)32-29(37)38-30(3,4)5/h6,8-18,25-26,34H,1,7,19H2,2-5H3,(H,31,35)(H,32,37). The van der Waals surface area contributed by atoms with E-state index in [1.807, 2.05) is 42.5 Å². The number of fused-ring (bicyclic) bond motifs is 1. The smallest absolute Gasteiger partial charge is 0.408 e. The Morgan fingerprint density at radius 2 is 1.74 bits per heavy atom. The Morgan fingerprint density at radius 3 is 2.37 bits per heavy atom. The van der Waals surface area contributed by atoms with Crippen LogP contribution in [0.3, 0.4) is 0 Å². The van der Waals surface area contributed by atoms with Crippen LogP contribution in [-0.2, 0) is 14.3 Å². The Morgan fingerprint density at radius 1 is 1.03 bits per heavy atom. The first kappa shape index (κ1) is 28.4. The summed E-state index contributed by atoms with van der Waals surface area (Å²) in [4.78, 5) is 41.0. The van der Waals surface area contributed by atoms with E-state index in [2.05, 4.69) is 17.2 Å². The molecular formula is C30H35N3O5. The molecular weight excluding hydrogens is 482 g/mol. The van der Waals surface area contributed by atoms with Crippen molar-refractivity contribution in [3.05, 3.63) is 84.4 Å². The molecule has 0 aromatic heterocycles. The number of likely N-dealkylation sites (N-methyl/N-ethyl adjacent to an activating group) is 1. The fourth-order valence-corrected chi connectivity index (χ4v) is 4.11. The van der Waals surface area contributed by atoms with E-state index in [0.717, 1.165) is 16.3 Å². The Labute approximate surface area is 223 Å². The number of nitrogens with zero attached hydrogens (tertiary/aromatic N) is 1. The zero-order chi connectivity index (χ0) is 27.9. The molecule has 38 heavy (non-hydrogen) atoms. The Bertz CT molecular complexity index is 1310. The van der Waals surface area contributed by atoms with Gasteiger partial charge in [-0.3, -0.25) is 9.59 Å². The van der Waals surface area contributed by atoms with E-state index in [4.69, 9.17) is 4.74 Å². The summed E-state index contributed by atoms with van der Waals surface area (Å²) in [6.07, 6.45) is 0.812. The molecule has 8 nitrogen and oxygen atoms in total. The van der Waals surface area contributed by atoms with Crippen molar-refractivity contribution < 1.29 is 24.2 Å². The van der Waals surface area contributed by atoms with Gasteiger partial charge in [-0.2, -0.15) is 0 Å². The lowest BCUT2D eigenvalue weighted by Gasteiger charge is -2.33. The van der Waals surface area contributed by atoms with Crippen molar-refractivity contribution in [2.45, 2.75) is 45.4 Å². The fourth-order valence-electron chi connectivity index (χ4n) is 4.11. The number of benzene rings is 3. The van der Waals surface area contributed by atoms with Crippen LogP contribution in [0.1, 0.15) is 44.9 Å². The van der Waals surface area contributed by atoms with Crippen molar-refractivity contribution in [3.8, 4) is 0 Å². The number of aliphatic hydroxyl groups excluding tert-OH is 1. The molecule has 0 bridgehead atoms. The van der Waals surface area contributed by atoms with E-state index in [0.29, 0.717) is 11.3 Å². The van der Waals surface area contributed by atoms with Gasteiger partial charge in [0.05, 0.1) is 6.61 Å². The molecule has 0 heterocycles. The minimum Gasteiger partial charge on any atom is -0.444 e. The van der Waals surface area contributed by atoms with Gasteiger partial charge in [0.25, 0.3) is 5.91 Å². The predicted octanol–water partition coefficient (Wildman–Crippen LogP) is 4.90. The first-order valence-corrected chi connectivity index (χ1v) is 12.5. The monoisotopic (exact) mass is 517 g/mol. The second-order valence-corrected chi connectivity index (χ2v) is 9.83. The average Bonchev–Trinajstić information content (AvgIpc) is 2.88. The molecule has 3 amide bonds. The number of nitrogens with one attached hydrogen (secondary N) is 2. The average molecular weight is 518 g/mol. The minimum absolute atomic E-state index is 0.138. The highest BCUT2D eigenvalue weighted by molar-refractivity contribution is 6.00. The number of hydrogen-bond donors (Lipinski definition) is 3. The topological polar surface area (TPSA) is 108 Å². The minimum atomic E-state index is -1.30. The molecule has 200 valence electrons. The quantitative estimate of drug-likeness (QED) is 0.374. The van der Waals surface area contributed by atoms with E-state index < -0.39 is 42.2 Å². The molecule has 0 spiro atoms. The number of amides is 3. The molecule has 2 atom stereocenters. The van der Waals surface area contributed by atoms with Crippen molar-refractivity contribution in [3.63, 3.8) is 0 Å². The van der Waals surface area contributed by atoms with Crippen molar-refractivity contribution in [1.29, 1.82) is 0 Å². The molecule has 0 aliphatic carbocycles. The number of ether oxygens (including phenoxy) is 1. The van der Waals surface area contributed by atoms with Crippen LogP contribution in [0.15, 0.2) is 73.3 Å². The number of alkyl carbamates (subject to hydrolysis) is 1. The summed E-state index contributed by atoms with van der Waals surface area (Å²) >= 11 is 0. The highest BCUT2D eigenvalue weighted by Gasteiger charge is 2.35. The van der Waals surface area contributed by atoms with Crippen LogP contribution in [-0.4, -0.2) is 52.7 Å². The molecule has 0 saturated heterocycles. The highest BCUT2D eigenvalue weighted by Crippen LogP contribution is 2.26. The van der Waals surface area contributed by atoms with Crippen LogP contribution in [0, 0.1) is 0 Å². The zero-order valence-electron chi connectivity index (χ0n) is 22.2. The van der Waals surface area contributed by atoms with Gasteiger partial charge < -0.3 is 25.4 Å². The van der Waals surface area contributed by atoms with Crippen LogP contribution >= 0.6 is 0 Å². The van der Waals surface area contributed by atoms with Gasteiger partial charge in [-0.15, -0.1) is 0 Å². The number of aliphatic hydroxyl groups is 1. The summed E-state index contributed by atoms with van der Waals surface area (Å²) in [6.45, 7) is 10.1. The lowest BCUT2D eigenvalue weighted by molar-refractivity contribution is -0.141. The van der Waals surface area contributed by atoms with Crippen molar-refractivity contribution in [2.24, 2.45) is 0 Å². The number of carbonyl (C=O) groups is 3. The van der Waals surface area contributed by atoms with Crippen LogP contribution in [0.4, 0.5) is 10.5 Å². The fraction of sp³-hybridized carbons (Fsp3) is 0.300. The second kappa shape index (κ2) is 12.4. The van der Waals surface area contributed by atoms with E-state index in [9.17, 15) is 19.5 Å². The molecule has 8 heteroatoms. The van der Waals surface area contributed by atoms with Crippen LogP contribution < -0.4 is 10.6 Å². The lowest BCUT2D eigenvalue weighted by atomic mass is 10.00. The summed E-state index contributed by atoms with van der Waals surface area (Å²) in [5, 5.41) is 17.3. The Hall–Kier alpha value is -4.17. The highest BCUT2D eigenvalue weighted by atomic mass is 16.6. The molecule has 3 aromatic rings. The first-order chi connectivity index (χ1) is 18.1. The van der Waals surface area contributed by atoms with Crippen molar-refractivity contribution >= 4 is 40.4 Å². The van der Waals surface area contributed by atoms with Gasteiger partial charge in [-0.1, -0.05) is 61.2 Å². The molecule has 0 saturated carbocycles. The van der Waals surface area contributed by atoms with E-state index in [-0.39, 0.29) is 6.54 Å². The number of rotatable bonds is 9. The van der Waals surface area contributed by atoms with Gasteiger partial charge in [0.2, 0.25) is 5.91 Å². The summed E-state index contributed by atoms with van der Waals surface area (Å²) in [7, 11) is 0. The molecule has 0 fully saturated rings. The van der Waals surface area contributed by atoms with Crippen molar-refractivity contribution in [1.82, 2.24) is 10.2 Å². The number of anilines is 1. The van der Waals surface area contributed by atoms with Gasteiger partial charge in [0.15, 0.2) is 0 Å². The Balaban J connectivity index is 1.95. The van der Waals surface area contributed by atoms with Crippen LogP contribution in [0.2, 0.25) is 0 Å². The van der Waals surface area contributed by atoms with Gasteiger partial charge in [-0.25, -0.2) is 4.79 Å². The predicted molar refractivity (Wildman–Crippen MR) is 149 cm³/mol. The Kier molecular flexibility index (Phi) is 9.25. The maximum absolute atomic E-state index is 13.8. The molecule has 0 aliphatic rings. The second-order valence-electron chi connectivity index (χ2n) is 9.83. The van der Waals surface area contributed by atoms with Crippen molar-refractivity contribution in [2.75, 3.05) is 18.5 Å². The molecule has 3 N–H and O–H groups in total. The third-order valence-corrected chi connectivity index (χ3v) is 5.83. The van der Waals surface area contributed by atoms with Crippen LogP contribution in [0.5, 0.6) is 0 Å². The molecule has 0 radical (unpaired) electrons. The largest absolute Gasteiger partial charge is 0.444 e. The van der Waals surface area contributed by atoms with Gasteiger partial charge in [0, 0.05) is 12.2 Å². The zero-order valence-corrected chi connectivity index (χ0v) is 22.2. The maximum Gasteiger partial charge on any atom is 0.408 e. The van der Waals surface area contributed by atoms with Gasteiger partial charge in [0.1, 0.15) is 17.7 Å². The van der Waals surface area contributed by atoms with E-state index >= 15 is 0 Å². The van der Waals surface area contributed by atoms with E-state index in [1.54, 1.807) is 58.0 Å². The summed E-state index contributed by atoms with van der Waals surface area (Å²) < 4.78 is 5.25. The van der Waals surface area contributed by atoms with E-state index in [1.165, 1.54) is 4.90 Å². The normalized spacial score (nSPS) is 12.8. The first-order valence-electron chi connectivity index (χ1n) is 12.5. The molecule has 3 rings (SSSR count). The summed E-state index contributed by atoms with van der Waals surface area (Å²) in [5.41, 5.74) is 1.13. The summed E-state index contributed by atoms with van der Waals surface area (Å²) in [5.74, 6) is -1.06. The third kappa shape index (κ3) is 7.20. The SMILES string of the molecule is C=Cc1cccc(C(C(=O)Nc2ccc3ccccc3c2)N(CC)C(=O)C(CO)NC(=O)OC(C)(C)C)c1. The molecule has 3 aromatic carbocycles. The van der Waals surface area contributed by atoms with Gasteiger partial charge in [-0.05, 0) is 67.8 Å². The van der Waals surface area contributed by atoms with Crippen LogP contribution in [0.25, 0.3) is 16.8 Å². The summed E-state index contributed by atoms with van der Waals surface area (Å²) in [6, 6.07) is 18.2. The molecule has 0 aliphatic heterocycles. The molecule has 2 unspecified atom stereocenters.